The molecule has 0 fully saturated rings. The summed E-state index contributed by atoms with van der Waals surface area (Å²) in [6.45, 7) is 57.5. The normalized spacial score (nSPS) is 7.38. The van der Waals surface area contributed by atoms with Gasteiger partial charge < -0.3 is 32.9 Å². The van der Waals surface area contributed by atoms with E-state index in [4.69, 9.17) is 4.42 Å². The maximum atomic E-state index is 4.72. The highest BCUT2D eigenvalue weighted by Crippen LogP contribution is 2.00. The second-order valence-electron chi connectivity index (χ2n) is 11.5. The molecule has 0 amide bonds. The Morgan fingerprint density at radius 1 is 0.500 bits per heavy atom. The van der Waals surface area contributed by atoms with E-state index < -0.39 is 0 Å². The van der Waals surface area contributed by atoms with Gasteiger partial charge in [0, 0.05) is 95.4 Å². The van der Waals surface area contributed by atoms with Crippen molar-refractivity contribution in [2.45, 2.75) is 201 Å². The van der Waals surface area contributed by atoms with Gasteiger partial charge in [-0.3, -0.25) is 15.0 Å². The Hall–Kier alpha value is -6.64. The maximum absolute atomic E-state index is 4.72. The fourth-order valence-corrected chi connectivity index (χ4v) is 4.39. The number of nitrogens with one attached hydrogen (secondary N) is 3. The molecule has 80 heavy (non-hydrogen) atoms. The number of aryl methyl sites for hydroxylation is 10. The Labute approximate surface area is 500 Å². The van der Waals surface area contributed by atoms with Gasteiger partial charge in [-0.25, -0.2) is 29.9 Å². The minimum absolute atomic E-state index is 0.856. The summed E-state index contributed by atoms with van der Waals surface area (Å²) >= 11 is 4.96. The average molecular weight is 1180 g/mol. The summed E-state index contributed by atoms with van der Waals surface area (Å²) in [6, 6.07) is 1.81. The summed E-state index contributed by atoms with van der Waals surface area (Å²) in [5.74, 6) is 1.82. The third kappa shape index (κ3) is 88.0. The number of rotatable bonds is 0. The lowest BCUT2D eigenvalue weighted by atomic mass is 10.5. The van der Waals surface area contributed by atoms with E-state index in [9.17, 15) is 0 Å². The summed E-state index contributed by atoms with van der Waals surface area (Å²) < 4.78 is 15.7. The van der Waals surface area contributed by atoms with E-state index in [1.165, 1.54) is 17.7 Å². The fourth-order valence-electron chi connectivity index (χ4n) is 2.99. The maximum Gasteiger partial charge on any atom is 0.180 e. The van der Waals surface area contributed by atoms with Crippen LogP contribution in [-0.2, 0) is 7.05 Å². The Bertz CT molecular complexity index is 1660. The highest BCUT2D eigenvalue weighted by molar-refractivity contribution is 7.09. The number of aromatic nitrogens is 14. The number of hydrogen-bond acceptors (Lipinski definition) is 16. The molecule has 10 heterocycles. The molecule has 0 aliphatic carbocycles. The number of hydrogen-bond donors (Lipinski definition) is 3. The van der Waals surface area contributed by atoms with Gasteiger partial charge in [0.05, 0.1) is 52.6 Å². The van der Waals surface area contributed by atoms with Crippen LogP contribution in [0, 0.1) is 62.3 Å². The lowest BCUT2D eigenvalue weighted by molar-refractivity contribution is 0.415. The van der Waals surface area contributed by atoms with Crippen LogP contribution in [0.1, 0.15) is 188 Å². The Morgan fingerprint density at radius 3 is 1.18 bits per heavy atom. The molecule has 0 spiro atoms. The molecule has 0 atom stereocenters. The van der Waals surface area contributed by atoms with Crippen LogP contribution in [0.15, 0.2) is 141 Å². The highest BCUT2D eigenvalue weighted by Gasteiger charge is 1.81. The van der Waals surface area contributed by atoms with Crippen molar-refractivity contribution in [2.24, 2.45) is 7.05 Å². The molecule has 0 aliphatic heterocycles. The molecule has 10 aromatic rings. The summed E-state index contributed by atoms with van der Waals surface area (Å²) in [7, 11) is 1.94. The van der Waals surface area contributed by atoms with Gasteiger partial charge in [0.2, 0.25) is 0 Å². The van der Waals surface area contributed by atoms with Gasteiger partial charge in [0.1, 0.15) is 24.1 Å². The zero-order chi connectivity index (χ0) is 64.1. The largest absolute Gasteiger partial charge is 0.452 e. The van der Waals surface area contributed by atoms with Crippen LogP contribution in [0.2, 0.25) is 0 Å². The minimum Gasteiger partial charge on any atom is -0.452 e. The standard InChI is InChI=1S/4C4H6N2.3C4H5NO.3C4H5NS.10C2H6/c2*1-4-2-5-3-6-4;1-6-3-2-5-4-6;1-4-5-2-3-6-4;1-4-2-6-3-5-4;1-4-2-5-3-6-4;1-4-2-3-6-5-4;1-4-2-6-3-5-4;1-4-2-5-3-6-4;1-4-5-2-3-6-4;10*1-2/h2*2-3H,1H3,(H,5,6);2-4H,1H3;2-3H,1H3,(H,5,6);6*2-3H,1H3;10*1-2H3. The molecule has 0 aliphatic rings. The van der Waals surface area contributed by atoms with Crippen molar-refractivity contribution in [3.63, 3.8) is 0 Å². The van der Waals surface area contributed by atoms with Gasteiger partial charge in [-0.2, -0.15) is 0 Å². The topological polar surface area (TPSA) is 221 Å². The molecule has 0 saturated carbocycles. The first kappa shape index (κ1) is 95.7. The zero-order valence-electron chi connectivity index (χ0n) is 55.5. The number of H-pyrrole nitrogens is 3. The number of oxazole rings is 2. The molecule has 10 rings (SSSR count). The Kier molecular flexibility index (Phi) is 110. The van der Waals surface area contributed by atoms with Crippen LogP contribution in [0.4, 0.5) is 0 Å². The van der Waals surface area contributed by atoms with Gasteiger partial charge in [-0.15, -0.1) is 34.0 Å². The van der Waals surface area contributed by atoms with Gasteiger partial charge in [0.15, 0.2) is 12.8 Å². The molecule has 0 radical (unpaired) electrons. The quantitative estimate of drug-likeness (QED) is 0.129. The van der Waals surface area contributed by atoms with Crippen LogP contribution in [0.25, 0.3) is 0 Å². The van der Waals surface area contributed by atoms with E-state index in [-0.39, 0.29) is 0 Å². The first-order valence-electron chi connectivity index (χ1n) is 27.8. The van der Waals surface area contributed by atoms with Crippen LogP contribution >= 0.6 is 34.0 Å². The van der Waals surface area contributed by atoms with Crippen molar-refractivity contribution < 1.29 is 13.4 Å². The van der Waals surface area contributed by atoms with Crippen molar-refractivity contribution in [1.82, 2.24) is 69.5 Å². The molecule has 0 bridgehead atoms. The van der Waals surface area contributed by atoms with Crippen molar-refractivity contribution >= 4 is 34.0 Å². The van der Waals surface area contributed by atoms with Gasteiger partial charge >= 0.3 is 0 Å². The third-order valence-corrected chi connectivity index (χ3v) is 8.00. The zero-order valence-corrected chi connectivity index (χ0v) is 57.9. The SMILES string of the molecule is CC.CC.CC.CC.CC.CC.CC.CC.CC.CC.Cc1ccon1.Cc1cnc[nH]1.Cc1cnc[nH]1.Cc1cnco1.Cc1cncs1.Cc1cocn1.Cc1cscn1.Cc1ncc[nH]1.Cc1nccs1.Cn1ccnc1. The van der Waals surface area contributed by atoms with Crippen LogP contribution in [-0.4, -0.2) is 69.5 Å². The van der Waals surface area contributed by atoms with E-state index in [1.54, 1.807) is 115 Å². The van der Waals surface area contributed by atoms with Gasteiger partial charge in [-0.1, -0.05) is 144 Å². The summed E-state index contributed by atoms with van der Waals surface area (Å²) in [5, 5.41) is 8.66. The predicted octanol–water partition coefficient (Wildman–Crippen LogP) is 20.1. The van der Waals surface area contributed by atoms with Crippen molar-refractivity contribution in [3.05, 3.63) is 178 Å². The van der Waals surface area contributed by atoms with E-state index in [0.29, 0.717) is 0 Å². The predicted molar refractivity (Wildman–Crippen MR) is 351 cm³/mol. The van der Waals surface area contributed by atoms with E-state index in [2.05, 4.69) is 73.9 Å². The summed E-state index contributed by atoms with van der Waals surface area (Å²) in [4.78, 5) is 44.2. The van der Waals surface area contributed by atoms with Gasteiger partial charge in [0.25, 0.3) is 0 Å². The third-order valence-electron chi connectivity index (χ3n) is 5.89. The molecule has 3 N–H and O–H groups in total. The number of thiazole rings is 3. The summed E-state index contributed by atoms with van der Waals surface area (Å²) in [5.41, 5.74) is 8.83. The number of imidazole rings is 4. The first-order chi connectivity index (χ1) is 38.9. The molecular weight excluding hydrogens is 1060 g/mol. The second kappa shape index (κ2) is 91.8. The monoisotopic (exact) mass is 1170 g/mol. The van der Waals surface area contributed by atoms with E-state index in [1.807, 2.05) is 247 Å². The second-order valence-corrected chi connectivity index (χ2v) is 14.5. The lowest BCUT2D eigenvalue weighted by Crippen LogP contribution is -1.76. The first-order valence-corrected chi connectivity index (χ1v) is 30.5. The molecule has 20 heteroatoms. The molecule has 0 saturated heterocycles. The summed E-state index contributed by atoms with van der Waals surface area (Å²) in [6.07, 6.45) is 27.1. The van der Waals surface area contributed by atoms with E-state index in [0.717, 1.165) is 45.1 Å². The van der Waals surface area contributed by atoms with Crippen LogP contribution in [0.5, 0.6) is 0 Å². The Morgan fingerprint density at radius 2 is 1.06 bits per heavy atom. The number of aromatic amines is 3. The van der Waals surface area contributed by atoms with E-state index >= 15 is 0 Å². The average Bonchev–Trinajstić information content (AvgIpc) is 4.32. The fraction of sp³-hybridized carbons (Fsp3) is 0.500. The Balaban J connectivity index is -0.0000000822. The van der Waals surface area contributed by atoms with Gasteiger partial charge in [-0.05, 0) is 62.3 Å². The van der Waals surface area contributed by atoms with Crippen molar-refractivity contribution in [3.8, 4) is 0 Å². The molecule has 17 nitrogen and oxygen atoms in total. The molecule has 0 aromatic carbocycles. The number of nitrogens with zero attached hydrogens (tertiary/aromatic N) is 11. The lowest BCUT2D eigenvalue weighted by Gasteiger charge is -1.76. The molecule has 0 unspecified atom stereocenters. The van der Waals surface area contributed by atoms with Crippen LogP contribution in [0.3, 0.4) is 0 Å². The molecular formula is C60H114N14O3S3. The smallest absolute Gasteiger partial charge is 0.180 e. The van der Waals surface area contributed by atoms with Crippen LogP contribution < -0.4 is 0 Å². The molecule has 460 valence electrons. The van der Waals surface area contributed by atoms with Crippen molar-refractivity contribution in [2.75, 3.05) is 0 Å². The van der Waals surface area contributed by atoms with Crippen molar-refractivity contribution in [1.29, 1.82) is 0 Å². The highest BCUT2D eigenvalue weighted by atomic mass is 32.1. The molecule has 10 aromatic heterocycles. The minimum atomic E-state index is 0.856.